The SMILES string of the molecule is C[C@@H](NC(=O)c1ccc2nc(-n3cccc3)sc2c1)C(=O)N1CCN(c2ccccn2)CC1. The maximum atomic E-state index is 12.9. The lowest BCUT2D eigenvalue weighted by Crippen LogP contribution is -2.54. The van der Waals surface area contributed by atoms with Crippen LogP contribution in [0.3, 0.4) is 0 Å². The molecule has 1 saturated heterocycles. The average molecular weight is 461 g/mol. The molecule has 1 N–H and O–H groups in total. The number of pyridine rings is 1. The molecule has 2 amide bonds. The van der Waals surface area contributed by atoms with Crippen molar-refractivity contribution < 1.29 is 9.59 Å². The number of thiazole rings is 1. The van der Waals surface area contributed by atoms with E-state index in [0.29, 0.717) is 18.7 Å². The van der Waals surface area contributed by atoms with Crippen LogP contribution in [0.2, 0.25) is 0 Å². The van der Waals surface area contributed by atoms with Gasteiger partial charge in [0, 0.05) is 50.3 Å². The van der Waals surface area contributed by atoms with Crippen LogP contribution in [0.4, 0.5) is 5.82 Å². The Hall–Kier alpha value is -3.72. The lowest BCUT2D eigenvalue weighted by molar-refractivity contribution is -0.133. The second-order valence-corrected chi connectivity index (χ2v) is 8.97. The number of amides is 2. The zero-order chi connectivity index (χ0) is 22.8. The molecule has 8 nitrogen and oxygen atoms in total. The number of anilines is 1. The monoisotopic (exact) mass is 460 g/mol. The maximum Gasteiger partial charge on any atom is 0.251 e. The summed E-state index contributed by atoms with van der Waals surface area (Å²) >= 11 is 1.52. The second-order valence-electron chi connectivity index (χ2n) is 7.96. The molecule has 1 aliphatic rings. The van der Waals surface area contributed by atoms with E-state index < -0.39 is 6.04 Å². The van der Waals surface area contributed by atoms with Crippen LogP contribution in [0.25, 0.3) is 15.3 Å². The van der Waals surface area contributed by atoms with Gasteiger partial charge in [0.2, 0.25) is 5.91 Å². The van der Waals surface area contributed by atoms with Gasteiger partial charge in [0.1, 0.15) is 11.9 Å². The molecule has 5 rings (SSSR count). The second kappa shape index (κ2) is 9.03. The Morgan fingerprint density at radius 2 is 1.82 bits per heavy atom. The third-order valence-corrected chi connectivity index (χ3v) is 6.78. The smallest absolute Gasteiger partial charge is 0.251 e. The zero-order valence-corrected chi connectivity index (χ0v) is 19.0. The summed E-state index contributed by atoms with van der Waals surface area (Å²) < 4.78 is 2.87. The van der Waals surface area contributed by atoms with Crippen molar-refractivity contribution in [3.8, 4) is 5.13 Å². The van der Waals surface area contributed by atoms with E-state index in [4.69, 9.17) is 0 Å². The van der Waals surface area contributed by atoms with Gasteiger partial charge in [-0.05, 0) is 49.4 Å². The number of fused-ring (bicyclic) bond motifs is 1. The molecule has 4 heterocycles. The van der Waals surface area contributed by atoms with Gasteiger partial charge in [-0.2, -0.15) is 0 Å². The van der Waals surface area contributed by atoms with Gasteiger partial charge in [-0.15, -0.1) is 0 Å². The van der Waals surface area contributed by atoms with Gasteiger partial charge in [0.05, 0.1) is 10.2 Å². The minimum atomic E-state index is -0.605. The Kier molecular flexibility index (Phi) is 5.78. The predicted molar refractivity (Wildman–Crippen MR) is 129 cm³/mol. The molecule has 0 aliphatic carbocycles. The Labute approximate surface area is 195 Å². The van der Waals surface area contributed by atoms with E-state index in [1.165, 1.54) is 11.3 Å². The largest absolute Gasteiger partial charge is 0.353 e. The van der Waals surface area contributed by atoms with Gasteiger partial charge in [-0.1, -0.05) is 17.4 Å². The van der Waals surface area contributed by atoms with E-state index >= 15 is 0 Å². The first kappa shape index (κ1) is 21.1. The molecule has 0 bridgehead atoms. The van der Waals surface area contributed by atoms with E-state index in [0.717, 1.165) is 34.3 Å². The fraction of sp³-hybridized carbons (Fsp3) is 0.250. The molecule has 1 aliphatic heterocycles. The quantitative estimate of drug-likeness (QED) is 0.495. The van der Waals surface area contributed by atoms with Gasteiger partial charge in [-0.3, -0.25) is 9.59 Å². The number of nitrogens with one attached hydrogen (secondary N) is 1. The summed E-state index contributed by atoms with van der Waals surface area (Å²) in [5, 5.41) is 3.71. The Bertz CT molecular complexity index is 1260. The highest BCUT2D eigenvalue weighted by Gasteiger charge is 2.26. The first-order valence-corrected chi connectivity index (χ1v) is 11.7. The number of benzene rings is 1. The number of aromatic nitrogens is 3. The zero-order valence-electron chi connectivity index (χ0n) is 18.2. The lowest BCUT2D eigenvalue weighted by Gasteiger charge is -2.36. The number of nitrogens with zero attached hydrogens (tertiary/aromatic N) is 5. The van der Waals surface area contributed by atoms with E-state index in [2.05, 4.69) is 20.2 Å². The summed E-state index contributed by atoms with van der Waals surface area (Å²) in [6.45, 7) is 4.38. The van der Waals surface area contributed by atoms with Crippen LogP contribution >= 0.6 is 11.3 Å². The van der Waals surface area contributed by atoms with Crippen LogP contribution < -0.4 is 10.2 Å². The van der Waals surface area contributed by atoms with Crippen LogP contribution in [-0.4, -0.2) is 63.5 Å². The molecule has 33 heavy (non-hydrogen) atoms. The summed E-state index contributed by atoms with van der Waals surface area (Å²) in [6.07, 6.45) is 5.65. The molecular formula is C24H24N6O2S. The molecule has 0 radical (unpaired) electrons. The topological polar surface area (TPSA) is 83.4 Å². The third-order valence-electron chi connectivity index (χ3n) is 5.75. The highest BCUT2D eigenvalue weighted by molar-refractivity contribution is 7.20. The van der Waals surface area contributed by atoms with Gasteiger partial charge in [-0.25, -0.2) is 9.97 Å². The summed E-state index contributed by atoms with van der Waals surface area (Å²) in [7, 11) is 0. The van der Waals surface area contributed by atoms with Crippen molar-refractivity contribution in [1.82, 2.24) is 24.8 Å². The van der Waals surface area contributed by atoms with Crippen LogP contribution in [-0.2, 0) is 4.79 Å². The number of piperazine rings is 1. The molecule has 1 fully saturated rings. The van der Waals surface area contributed by atoms with Crippen LogP contribution in [0.15, 0.2) is 67.1 Å². The highest BCUT2D eigenvalue weighted by Crippen LogP contribution is 2.26. The van der Waals surface area contributed by atoms with E-state index in [1.807, 2.05) is 59.4 Å². The molecule has 9 heteroatoms. The van der Waals surface area contributed by atoms with Crippen LogP contribution in [0.1, 0.15) is 17.3 Å². The number of carbonyl (C=O) groups excluding carboxylic acids is 2. The number of carbonyl (C=O) groups is 2. The number of hydrogen-bond donors (Lipinski definition) is 1. The first-order chi connectivity index (χ1) is 16.1. The Balaban J connectivity index is 1.20. The summed E-state index contributed by atoms with van der Waals surface area (Å²) in [5.74, 6) is 0.586. The highest BCUT2D eigenvalue weighted by atomic mass is 32.1. The third kappa shape index (κ3) is 4.45. The van der Waals surface area contributed by atoms with Gasteiger partial charge in [0.25, 0.3) is 5.91 Å². The maximum absolute atomic E-state index is 12.9. The normalized spacial score (nSPS) is 14.9. The average Bonchev–Trinajstić information content (AvgIpc) is 3.53. The van der Waals surface area contributed by atoms with Crippen molar-refractivity contribution in [3.05, 3.63) is 72.7 Å². The number of hydrogen-bond acceptors (Lipinski definition) is 6. The summed E-state index contributed by atoms with van der Waals surface area (Å²) in [4.78, 5) is 38.7. The first-order valence-electron chi connectivity index (χ1n) is 10.9. The van der Waals surface area contributed by atoms with Crippen molar-refractivity contribution >= 4 is 39.2 Å². The van der Waals surface area contributed by atoms with Crippen molar-refractivity contribution in [2.75, 3.05) is 31.1 Å². The molecule has 0 spiro atoms. The van der Waals surface area contributed by atoms with Crippen molar-refractivity contribution in [3.63, 3.8) is 0 Å². The minimum absolute atomic E-state index is 0.0715. The lowest BCUT2D eigenvalue weighted by atomic mass is 10.1. The van der Waals surface area contributed by atoms with E-state index in [9.17, 15) is 9.59 Å². The molecule has 168 valence electrons. The van der Waals surface area contributed by atoms with Crippen LogP contribution in [0.5, 0.6) is 0 Å². The van der Waals surface area contributed by atoms with Gasteiger partial charge >= 0.3 is 0 Å². The number of rotatable bonds is 5. The van der Waals surface area contributed by atoms with Gasteiger partial charge in [0.15, 0.2) is 5.13 Å². The van der Waals surface area contributed by atoms with Gasteiger partial charge < -0.3 is 19.7 Å². The minimum Gasteiger partial charge on any atom is -0.353 e. The Morgan fingerprint density at radius 3 is 2.55 bits per heavy atom. The summed E-state index contributed by atoms with van der Waals surface area (Å²) in [5.41, 5.74) is 1.36. The summed E-state index contributed by atoms with van der Waals surface area (Å²) in [6, 6.07) is 14.5. The fourth-order valence-corrected chi connectivity index (χ4v) is 4.91. The molecule has 1 aromatic carbocycles. The molecule has 1 atom stereocenters. The Morgan fingerprint density at radius 1 is 1.03 bits per heavy atom. The fourth-order valence-electron chi connectivity index (χ4n) is 3.94. The van der Waals surface area contributed by atoms with Crippen molar-refractivity contribution in [2.24, 2.45) is 0 Å². The molecule has 4 aromatic rings. The van der Waals surface area contributed by atoms with Crippen molar-refractivity contribution in [1.29, 1.82) is 0 Å². The predicted octanol–water partition coefficient (Wildman–Crippen LogP) is 2.95. The van der Waals surface area contributed by atoms with E-state index in [-0.39, 0.29) is 11.8 Å². The van der Waals surface area contributed by atoms with E-state index in [1.54, 1.807) is 24.1 Å². The van der Waals surface area contributed by atoms with Crippen LogP contribution in [0, 0.1) is 0 Å². The van der Waals surface area contributed by atoms with Crippen molar-refractivity contribution in [2.45, 2.75) is 13.0 Å². The molecule has 0 saturated carbocycles. The molecule has 0 unspecified atom stereocenters. The molecular weight excluding hydrogens is 436 g/mol. The molecule has 3 aromatic heterocycles. The standard InChI is InChI=1S/C24H24N6O2S/c1-17(23(32)29-14-12-28(13-15-29)21-6-2-3-9-25-21)26-22(31)18-7-8-19-20(16-18)33-24(27-19)30-10-4-5-11-30/h2-11,16-17H,12-15H2,1H3,(H,26,31)/t17-/m1/s1.